The van der Waals surface area contributed by atoms with Gasteiger partial charge in [0.15, 0.2) is 6.20 Å². The normalized spacial score (nSPS) is 10.3. The molecule has 1 heterocycles. The van der Waals surface area contributed by atoms with Crippen LogP contribution >= 0.6 is 0 Å². The first-order valence-electron chi connectivity index (χ1n) is 5.70. The number of carbonyl (C=O) groups excluding carboxylic acids is 1. The minimum atomic E-state index is -0.0942. The number of nitrogen functional groups attached to an aromatic ring is 1. The number of hydrogen-bond acceptors (Lipinski definition) is 3. The summed E-state index contributed by atoms with van der Waals surface area (Å²) in [5.41, 5.74) is 0. The average Bonchev–Trinajstić information content (AvgIpc) is 2.64. The van der Waals surface area contributed by atoms with Gasteiger partial charge in [0.25, 0.3) is 6.33 Å². The van der Waals surface area contributed by atoms with Crippen LogP contribution in [0, 0.1) is 0 Å². The number of carbonyl (C=O) groups is 1. The Bertz CT molecular complexity index is 323. The molecule has 16 heavy (non-hydrogen) atoms. The molecule has 5 heteroatoms. The predicted octanol–water partition coefficient (Wildman–Crippen LogP) is 0.613. The number of rotatable bonds is 7. The largest absolute Gasteiger partial charge is 0.466 e. The van der Waals surface area contributed by atoms with Crippen molar-refractivity contribution in [2.75, 3.05) is 12.4 Å². The zero-order chi connectivity index (χ0) is 11.8. The van der Waals surface area contributed by atoms with Crippen LogP contribution in [0.25, 0.3) is 0 Å². The van der Waals surface area contributed by atoms with Crippen LogP contribution in [-0.4, -0.2) is 17.3 Å². The number of aryl methyl sites for hydroxylation is 1. The fourth-order valence-electron chi connectivity index (χ4n) is 1.52. The van der Waals surface area contributed by atoms with Crippen molar-refractivity contribution < 1.29 is 14.1 Å². The van der Waals surface area contributed by atoms with E-state index in [1.165, 1.54) is 4.68 Å². The molecule has 1 aromatic heterocycles. The Labute approximate surface area is 95.8 Å². The van der Waals surface area contributed by atoms with Crippen molar-refractivity contribution in [1.82, 2.24) is 4.68 Å². The van der Waals surface area contributed by atoms with Crippen LogP contribution in [0.3, 0.4) is 0 Å². The second kappa shape index (κ2) is 6.87. The molecule has 1 aromatic rings. The lowest BCUT2D eigenvalue weighted by atomic mass is 10.2. The van der Waals surface area contributed by atoms with Gasteiger partial charge in [-0.3, -0.25) is 10.6 Å². The quantitative estimate of drug-likeness (QED) is 0.321. The number of aromatic nitrogens is 2. The molecule has 0 fully saturated rings. The Kier molecular flexibility index (Phi) is 5.39. The van der Waals surface area contributed by atoms with Crippen LogP contribution in [0.2, 0.25) is 0 Å². The number of imidazole rings is 1. The maximum atomic E-state index is 11.0. The monoisotopic (exact) mass is 226 g/mol. The van der Waals surface area contributed by atoms with E-state index in [-0.39, 0.29) is 5.97 Å². The maximum absolute atomic E-state index is 11.0. The van der Waals surface area contributed by atoms with Crippen molar-refractivity contribution >= 4 is 5.97 Å². The van der Waals surface area contributed by atoms with Crippen molar-refractivity contribution in [2.45, 2.75) is 39.2 Å². The molecule has 0 aliphatic rings. The summed E-state index contributed by atoms with van der Waals surface area (Å²) in [5.74, 6) is 5.42. The Balaban J connectivity index is 2.02. The number of unbranched alkanes of at least 4 members (excludes halogenated alkanes) is 2. The van der Waals surface area contributed by atoms with Crippen molar-refractivity contribution in [3.05, 3.63) is 18.7 Å². The molecule has 1 rings (SSSR count). The minimum absolute atomic E-state index is 0.0942. The molecule has 0 amide bonds. The van der Waals surface area contributed by atoms with E-state index < -0.39 is 0 Å². The van der Waals surface area contributed by atoms with E-state index in [4.69, 9.17) is 10.6 Å². The molecule has 90 valence electrons. The summed E-state index contributed by atoms with van der Waals surface area (Å²) in [6.45, 7) is 3.23. The lowest BCUT2D eigenvalue weighted by Crippen LogP contribution is -2.31. The lowest BCUT2D eigenvalue weighted by molar-refractivity contribution is -0.696. The number of nitrogens with zero attached hydrogens (tertiary/aromatic N) is 2. The van der Waals surface area contributed by atoms with Gasteiger partial charge in [0, 0.05) is 6.42 Å². The summed E-state index contributed by atoms with van der Waals surface area (Å²) < 4.78 is 8.40. The Morgan fingerprint density at radius 3 is 2.88 bits per heavy atom. The molecule has 0 saturated heterocycles. The highest BCUT2D eigenvalue weighted by atomic mass is 16.5. The van der Waals surface area contributed by atoms with Crippen LogP contribution < -0.4 is 10.4 Å². The van der Waals surface area contributed by atoms with Gasteiger partial charge in [-0.1, -0.05) is 0 Å². The van der Waals surface area contributed by atoms with Crippen LogP contribution in [-0.2, 0) is 16.1 Å². The third-order valence-corrected chi connectivity index (χ3v) is 2.31. The Morgan fingerprint density at radius 1 is 1.44 bits per heavy atom. The van der Waals surface area contributed by atoms with E-state index in [0.717, 1.165) is 25.8 Å². The van der Waals surface area contributed by atoms with Gasteiger partial charge in [-0.25, -0.2) is 4.57 Å². The van der Waals surface area contributed by atoms with Gasteiger partial charge in [-0.15, -0.1) is 4.68 Å². The highest BCUT2D eigenvalue weighted by Gasteiger charge is 2.02. The molecule has 0 aliphatic heterocycles. The van der Waals surface area contributed by atoms with E-state index in [9.17, 15) is 4.79 Å². The van der Waals surface area contributed by atoms with Gasteiger partial charge in [0.05, 0.1) is 13.2 Å². The Morgan fingerprint density at radius 2 is 2.25 bits per heavy atom. The van der Waals surface area contributed by atoms with Crippen molar-refractivity contribution in [2.24, 2.45) is 0 Å². The molecule has 0 atom stereocenters. The number of esters is 1. The van der Waals surface area contributed by atoms with E-state index in [0.29, 0.717) is 13.0 Å². The summed E-state index contributed by atoms with van der Waals surface area (Å²) in [4.78, 5) is 11.0. The van der Waals surface area contributed by atoms with Gasteiger partial charge in [0.1, 0.15) is 6.20 Å². The predicted molar refractivity (Wildman–Crippen MR) is 59.9 cm³/mol. The fraction of sp³-hybridized carbons (Fsp3) is 0.636. The molecular formula is C11H20N3O2+. The lowest BCUT2D eigenvalue weighted by Gasteiger charge is -2.00. The zero-order valence-corrected chi connectivity index (χ0v) is 9.76. The third-order valence-electron chi connectivity index (χ3n) is 2.31. The summed E-state index contributed by atoms with van der Waals surface area (Å²) in [5, 5.41) is 0. The minimum Gasteiger partial charge on any atom is -0.466 e. The highest BCUT2D eigenvalue weighted by molar-refractivity contribution is 5.69. The topological polar surface area (TPSA) is 61.1 Å². The second-order valence-electron chi connectivity index (χ2n) is 3.71. The van der Waals surface area contributed by atoms with Gasteiger partial charge in [-0.2, -0.15) is 0 Å². The second-order valence-corrected chi connectivity index (χ2v) is 3.71. The molecule has 0 saturated carbocycles. The first-order valence-corrected chi connectivity index (χ1v) is 5.70. The van der Waals surface area contributed by atoms with Crippen molar-refractivity contribution in [3.8, 4) is 0 Å². The van der Waals surface area contributed by atoms with Gasteiger partial charge in [0.2, 0.25) is 0 Å². The Hall–Kier alpha value is -1.52. The van der Waals surface area contributed by atoms with E-state index in [1.807, 2.05) is 24.0 Å². The van der Waals surface area contributed by atoms with Crippen molar-refractivity contribution in [1.29, 1.82) is 0 Å². The summed E-state index contributed by atoms with van der Waals surface area (Å²) in [6, 6.07) is 0. The molecule has 5 nitrogen and oxygen atoms in total. The van der Waals surface area contributed by atoms with Gasteiger partial charge >= 0.3 is 5.97 Å². The highest BCUT2D eigenvalue weighted by Crippen LogP contribution is 2.01. The van der Waals surface area contributed by atoms with Gasteiger partial charge < -0.3 is 4.74 Å². The molecular weight excluding hydrogens is 206 g/mol. The average molecular weight is 226 g/mol. The summed E-state index contributed by atoms with van der Waals surface area (Å²) in [7, 11) is 0. The van der Waals surface area contributed by atoms with Crippen LogP contribution in [0.1, 0.15) is 32.6 Å². The molecule has 2 N–H and O–H groups in total. The third kappa shape index (κ3) is 4.82. The molecule has 0 bridgehead atoms. The van der Waals surface area contributed by atoms with Crippen LogP contribution in [0.15, 0.2) is 18.7 Å². The smallest absolute Gasteiger partial charge is 0.305 e. The molecule has 0 unspecified atom stereocenters. The first kappa shape index (κ1) is 12.5. The number of hydrogen-bond donors (Lipinski definition) is 1. The standard InChI is InChI=1S/C11H20N3O2/c1-2-16-11(15)6-4-3-5-7-13-8-9-14(12)10-13/h8-10H,2-7,12H2,1H3/q+1. The van der Waals surface area contributed by atoms with E-state index in [2.05, 4.69) is 0 Å². The van der Waals surface area contributed by atoms with Crippen LogP contribution in [0.5, 0.6) is 0 Å². The molecule has 0 radical (unpaired) electrons. The first-order chi connectivity index (χ1) is 7.72. The molecule has 0 aliphatic carbocycles. The number of ether oxygens (including phenoxy) is 1. The summed E-state index contributed by atoms with van der Waals surface area (Å²) >= 11 is 0. The van der Waals surface area contributed by atoms with E-state index in [1.54, 1.807) is 6.20 Å². The summed E-state index contributed by atoms with van der Waals surface area (Å²) in [6.07, 6.45) is 9.07. The number of nitrogens with two attached hydrogens (primary N) is 1. The SMILES string of the molecule is CCOC(=O)CCCCC[n+]1ccn(N)c1. The molecule has 0 spiro atoms. The van der Waals surface area contributed by atoms with Crippen LogP contribution in [0.4, 0.5) is 0 Å². The van der Waals surface area contributed by atoms with Crippen molar-refractivity contribution in [3.63, 3.8) is 0 Å². The zero-order valence-electron chi connectivity index (χ0n) is 9.76. The molecule has 0 aromatic carbocycles. The van der Waals surface area contributed by atoms with Gasteiger partial charge in [-0.05, 0) is 26.2 Å². The maximum Gasteiger partial charge on any atom is 0.305 e. The fourth-order valence-corrected chi connectivity index (χ4v) is 1.52. The van der Waals surface area contributed by atoms with E-state index >= 15 is 0 Å².